The molecule has 1 radical (unpaired) electrons. The number of rotatable bonds is 10. The second kappa shape index (κ2) is 14.0. The first-order valence-corrected chi connectivity index (χ1v) is 18.5. The summed E-state index contributed by atoms with van der Waals surface area (Å²) in [5.41, 5.74) is 6.74. The van der Waals surface area contributed by atoms with Gasteiger partial charge in [0.25, 0.3) is 0 Å². The molecule has 0 aromatic heterocycles. The zero-order chi connectivity index (χ0) is 31.4. The van der Waals surface area contributed by atoms with Crippen molar-refractivity contribution in [1.82, 2.24) is 0 Å². The van der Waals surface area contributed by atoms with Gasteiger partial charge in [0, 0.05) is 5.92 Å². The molecule has 0 unspecified atom stereocenters. The maximum atomic E-state index is 2.75. The van der Waals surface area contributed by atoms with Crippen LogP contribution in [-0.2, 0) is 0 Å². The lowest BCUT2D eigenvalue weighted by Crippen LogP contribution is -2.50. The fourth-order valence-electron chi connectivity index (χ4n) is 10.7. The Labute approximate surface area is 276 Å². The van der Waals surface area contributed by atoms with E-state index in [1.165, 1.54) is 87.3 Å². The molecule has 6 rings (SSSR count). The molecule has 3 fully saturated rings. The Hall–Kier alpha value is -2.60. The predicted molar refractivity (Wildman–Crippen MR) is 195 cm³/mol. The van der Waals surface area contributed by atoms with Crippen molar-refractivity contribution in [3.63, 3.8) is 0 Å². The Balaban J connectivity index is 1.09. The molecular weight excluding hydrogens is 540 g/mol. The van der Waals surface area contributed by atoms with E-state index in [9.17, 15) is 0 Å². The Morgan fingerprint density at radius 1 is 0.778 bits per heavy atom. The maximum absolute atomic E-state index is 2.75. The van der Waals surface area contributed by atoms with Crippen LogP contribution >= 0.6 is 0 Å². The van der Waals surface area contributed by atoms with Gasteiger partial charge in [0.1, 0.15) is 0 Å². The Bertz CT molecular complexity index is 1390. The SMILES string of the molecule is CC(C)CCC[C@@H](C)[C@H]1CC[C@H]2[C@@H]3CC=C4C[C](c5cccc(C=CC=CC=Cc6ccccc6)c5)CC[C@]4(C)[C@H]3CC[C@]12C. The van der Waals surface area contributed by atoms with E-state index in [-0.39, 0.29) is 0 Å². The highest BCUT2D eigenvalue weighted by atomic mass is 14.6. The zero-order valence-electron chi connectivity index (χ0n) is 29.0. The highest BCUT2D eigenvalue weighted by Gasteiger charge is 2.59. The molecule has 0 amide bonds. The fourth-order valence-corrected chi connectivity index (χ4v) is 10.7. The topological polar surface area (TPSA) is 0 Å². The van der Waals surface area contributed by atoms with E-state index in [1.807, 2.05) is 0 Å². The van der Waals surface area contributed by atoms with Crippen molar-refractivity contribution in [1.29, 1.82) is 0 Å². The van der Waals surface area contributed by atoms with Gasteiger partial charge in [0.2, 0.25) is 0 Å². The molecule has 2 aromatic carbocycles. The molecule has 7 atom stereocenters. The highest BCUT2D eigenvalue weighted by Crippen LogP contribution is 2.68. The molecular formula is C45H59. The van der Waals surface area contributed by atoms with E-state index in [1.54, 1.807) is 11.5 Å². The zero-order valence-corrected chi connectivity index (χ0v) is 29.0. The van der Waals surface area contributed by atoms with Crippen molar-refractivity contribution in [3.05, 3.63) is 113 Å². The lowest BCUT2D eigenvalue weighted by Gasteiger charge is -2.58. The van der Waals surface area contributed by atoms with E-state index in [2.05, 4.69) is 132 Å². The molecule has 0 heterocycles. The summed E-state index contributed by atoms with van der Waals surface area (Å²) in [6.07, 6.45) is 31.0. The van der Waals surface area contributed by atoms with Gasteiger partial charge in [0.05, 0.1) is 0 Å². The molecule has 239 valence electrons. The predicted octanol–water partition coefficient (Wildman–Crippen LogP) is 12.9. The summed E-state index contributed by atoms with van der Waals surface area (Å²) < 4.78 is 0. The van der Waals surface area contributed by atoms with Gasteiger partial charge in [-0.3, -0.25) is 0 Å². The van der Waals surface area contributed by atoms with Crippen LogP contribution in [0, 0.1) is 52.3 Å². The minimum Gasteiger partial charge on any atom is -0.0844 e. The largest absolute Gasteiger partial charge is 0.0844 e. The third-order valence-corrected chi connectivity index (χ3v) is 13.2. The van der Waals surface area contributed by atoms with Crippen molar-refractivity contribution in [3.8, 4) is 0 Å². The number of allylic oxidation sites excluding steroid dienone is 6. The highest BCUT2D eigenvalue weighted by molar-refractivity contribution is 5.55. The van der Waals surface area contributed by atoms with Crippen LogP contribution in [0.15, 0.2) is 90.6 Å². The second-order valence-corrected chi connectivity index (χ2v) is 16.2. The first kappa shape index (κ1) is 32.3. The van der Waals surface area contributed by atoms with Crippen molar-refractivity contribution in [2.24, 2.45) is 46.3 Å². The molecule has 3 saturated carbocycles. The molecule has 0 spiro atoms. The minimum absolute atomic E-state index is 0.407. The Kier molecular flexibility index (Phi) is 10.1. The van der Waals surface area contributed by atoms with Crippen LogP contribution in [-0.4, -0.2) is 0 Å². The Morgan fingerprint density at radius 2 is 1.53 bits per heavy atom. The first-order valence-electron chi connectivity index (χ1n) is 18.5. The smallest absolute Gasteiger partial charge is 0.00907 e. The van der Waals surface area contributed by atoms with Gasteiger partial charge < -0.3 is 0 Å². The summed E-state index contributed by atoms with van der Waals surface area (Å²) in [4.78, 5) is 0. The lowest BCUT2D eigenvalue weighted by molar-refractivity contribution is -0.0488. The van der Waals surface area contributed by atoms with E-state index >= 15 is 0 Å². The molecule has 45 heavy (non-hydrogen) atoms. The number of hydrogen-bond donors (Lipinski definition) is 0. The summed E-state index contributed by atoms with van der Waals surface area (Å²) in [5.74, 6) is 7.09. The van der Waals surface area contributed by atoms with Gasteiger partial charge >= 0.3 is 0 Å². The second-order valence-electron chi connectivity index (χ2n) is 16.2. The van der Waals surface area contributed by atoms with E-state index in [0.29, 0.717) is 10.8 Å². The van der Waals surface area contributed by atoms with E-state index in [0.717, 1.165) is 35.5 Å². The van der Waals surface area contributed by atoms with Crippen molar-refractivity contribution in [2.75, 3.05) is 0 Å². The fraction of sp³-hybridized carbons (Fsp3) is 0.533. The van der Waals surface area contributed by atoms with Gasteiger partial charge in [-0.05, 0) is 114 Å². The van der Waals surface area contributed by atoms with Crippen molar-refractivity contribution >= 4 is 12.2 Å². The lowest BCUT2D eigenvalue weighted by atomic mass is 9.46. The molecule has 0 nitrogen and oxygen atoms in total. The monoisotopic (exact) mass is 599 g/mol. The molecule has 4 aliphatic rings. The van der Waals surface area contributed by atoms with Crippen LogP contribution in [0.25, 0.3) is 12.2 Å². The van der Waals surface area contributed by atoms with Crippen LogP contribution in [0.2, 0.25) is 0 Å². The van der Waals surface area contributed by atoms with Crippen molar-refractivity contribution in [2.45, 2.75) is 105 Å². The first-order chi connectivity index (χ1) is 21.8. The van der Waals surface area contributed by atoms with Crippen molar-refractivity contribution < 1.29 is 0 Å². The number of hydrogen-bond acceptors (Lipinski definition) is 0. The van der Waals surface area contributed by atoms with Crippen LogP contribution in [0.3, 0.4) is 0 Å². The third-order valence-electron chi connectivity index (χ3n) is 13.2. The summed E-state index contributed by atoms with van der Waals surface area (Å²) in [7, 11) is 0. The van der Waals surface area contributed by atoms with Gasteiger partial charge in [-0.25, -0.2) is 0 Å². The number of fused-ring (bicyclic) bond motifs is 5. The van der Waals surface area contributed by atoms with Crippen LogP contribution in [0.5, 0.6) is 0 Å². The minimum atomic E-state index is 0.407. The van der Waals surface area contributed by atoms with Gasteiger partial charge in [-0.1, -0.05) is 157 Å². The van der Waals surface area contributed by atoms with Crippen LogP contribution in [0.1, 0.15) is 122 Å². The van der Waals surface area contributed by atoms with E-state index < -0.39 is 0 Å². The molecule has 0 heteroatoms. The average molecular weight is 600 g/mol. The van der Waals surface area contributed by atoms with E-state index in [4.69, 9.17) is 0 Å². The molecule has 4 aliphatic carbocycles. The van der Waals surface area contributed by atoms with Gasteiger partial charge in [0.15, 0.2) is 0 Å². The summed E-state index contributed by atoms with van der Waals surface area (Å²) >= 11 is 0. The van der Waals surface area contributed by atoms with Gasteiger partial charge in [-0.15, -0.1) is 0 Å². The normalized spacial score (nSPS) is 32.6. The standard InChI is InChI=1S/C45H59/c1-33(2)15-13-16-34(3)41-25-26-42-40-24-23-39-32-38(27-29-44(39,4)43(40)28-30-45(41,42)5)37-22-14-21-36(31-37)20-10-7-6-9-17-35-18-11-8-12-19-35/h6-12,14,17-23,31,33-34,40-43H,13,15-16,24-30,32H2,1-5H3/t34-,40+,41-,42+,43+,44+,45-/m1/s1. The summed E-state index contributed by atoms with van der Waals surface area (Å²) in [6, 6.07) is 19.7. The van der Waals surface area contributed by atoms with Crippen LogP contribution < -0.4 is 0 Å². The summed E-state index contributed by atoms with van der Waals surface area (Å²) in [6.45, 7) is 12.8. The number of benzene rings is 2. The average Bonchev–Trinajstić information content (AvgIpc) is 3.40. The summed E-state index contributed by atoms with van der Waals surface area (Å²) in [5, 5.41) is 0. The molecule has 2 aromatic rings. The molecule has 0 saturated heterocycles. The quantitative estimate of drug-likeness (QED) is 0.188. The molecule has 0 aliphatic heterocycles. The molecule has 0 N–H and O–H groups in total. The van der Waals surface area contributed by atoms with Crippen LogP contribution in [0.4, 0.5) is 0 Å². The third kappa shape index (κ3) is 6.92. The molecule has 0 bridgehead atoms. The van der Waals surface area contributed by atoms with Gasteiger partial charge in [-0.2, -0.15) is 0 Å². The Morgan fingerprint density at radius 3 is 2.31 bits per heavy atom. The maximum Gasteiger partial charge on any atom is 0.00907 e.